The van der Waals surface area contributed by atoms with Crippen LogP contribution in [0.25, 0.3) is 16.4 Å². The molecule has 1 atom stereocenters. The van der Waals surface area contributed by atoms with Gasteiger partial charge in [0.15, 0.2) is 5.82 Å². The number of para-hydroxylation sites is 1. The second-order valence-corrected chi connectivity index (χ2v) is 7.84. The van der Waals surface area contributed by atoms with Crippen molar-refractivity contribution in [1.29, 1.82) is 0 Å². The molecular formula is C20H19N7OS. The predicted octanol–water partition coefficient (Wildman–Crippen LogP) is 3.16. The van der Waals surface area contributed by atoms with E-state index >= 15 is 0 Å². The Morgan fingerprint density at radius 2 is 2.00 bits per heavy atom. The molecule has 9 heteroatoms. The van der Waals surface area contributed by atoms with Gasteiger partial charge < -0.3 is 5.32 Å². The summed E-state index contributed by atoms with van der Waals surface area (Å²) in [6, 6.07) is 13.5. The maximum atomic E-state index is 13.0. The number of thiophene rings is 1. The van der Waals surface area contributed by atoms with Crippen LogP contribution in [0.5, 0.6) is 0 Å². The lowest BCUT2D eigenvalue weighted by molar-refractivity contribution is 0.0917. The molecule has 0 unspecified atom stereocenters. The Labute approximate surface area is 171 Å². The van der Waals surface area contributed by atoms with Crippen molar-refractivity contribution in [2.45, 2.75) is 32.4 Å². The van der Waals surface area contributed by atoms with Gasteiger partial charge in [0, 0.05) is 6.54 Å². The molecule has 0 spiro atoms. The van der Waals surface area contributed by atoms with E-state index in [2.05, 4.69) is 25.5 Å². The van der Waals surface area contributed by atoms with Gasteiger partial charge in [-0.1, -0.05) is 24.3 Å². The van der Waals surface area contributed by atoms with Crippen LogP contribution in [0.15, 0.2) is 47.8 Å². The number of hydrogen-bond donors (Lipinski definition) is 1. The van der Waals surface area contributed by atoms with E-state index in [0.29, 0.717) is 11.6 Å². The highest BCUT2D eigenvalue weighted by molar-refractivity contribution is 7.13. The summed E-state index contributed by atoms with van der Waals surface area (Å²) in [7, 11) is 0. The van der Waals surface area contributed by atoms with Gasteiger partial charge in [-0.05, 0) is 43.3 Å². The highest BCUT2D eigenvalue weighted by atomic mass is 32.1. The molecule has 0 saturated carbocycles. The maximum absolute atomic E-state index is 13.0. The van der Waals surface area contributed by atoms with Gasteiger partial charge in [-0.2, -0.15) is 5.10 Å². The molecule has 0 aliphatic carbocycles. The number of amides is 1. The van der Waals surface area contributed by atoms with Crippen LogP contribution in [0.1, 0.15) is 41.2 Å². The van der Waals surface area contributed by atoms with E-state index in [0.717, 1.165) is 35.8 Å². The van der Waals surface area contributed by atoms with Crippen molar-refractivity contribution in [2.24, 2.45) is 0 Å². The molecule has 146 valence electrons. The van der Waals surface area contributed by atoms with Crippen molar-refractivity contribution in [2.75, 3.05) is 0 Å². The van der Waals surface area contributed by atoms with Crippen molar-refractivity contribution in [3.63, 3.8) is 0 Å². The minimum atomic E-state index is -0.309. The maximum Gasteiger partial charge on any atom is 0.291 e. The molecule has 1 aliphatic heterocycles. The molecule has 5 rings (SSSR count). The summed E-state index contributed by atoms with van der Waals surface area (Å²) < 4.78 is 3.59. The van der Waals surface area contributed by atoms with Gasteiger partial charge in [-0.25, -0.2) is 19.3 Å². The quantitative estimate of drug-likeness (QED) is 0.563. The number of nitrogens with one attached hydrogen (secondary N) is 1. The van der Waals surface area contributed by atoms with Crippen molar-refractivity contribution >= 4 is 17.2 Å². The fraction of sp³-hybridized carbons (Fsp3) is 0.250. The second kappa shape index (κ2) is 7.25. The first-order valence-corrected chi connectivity index (χ1v) is 10.4. The Morgan fingerprint density at radius 1 is 1.14 bits per heavy atom. The van der Waals surface area contributed by atoms with Crippen LogP contribution in [-0.2, 0) is 6.54 Å². The van der Waals surface area contributed by atoms with Crippen LogP contribution < -0.4 is 5.32 Å². The van der Waals surface area contributed by atoms with Crippen LogP contribution in [-0.4, -0.2) is 35.4 Å². The lowest BCUT2D eigenvalue weighted by Gasteiger charge is -2.22. The third-order valence-electron chi connectivity index (χ3n) is 4.84. The van der Waals surface area contributed by atoms with Gasteiger partial charge in [-0.3, -0.25) is 4.79 Å². The molecule has 1 N–H and O–H groups in total. The molecule has 4 heterocycles. The zero-order chi connectivity index (χ0) is 19.8. The van der Waals surface area contributed by atoms with E-state index in [4.69, 9.17) is 0 Å². The molecule has 4 aromatic rings. The van der Waals surface area contributed by atoms with Gasteiger partial charge in [0.05, 0.1) is 16.6 Å². The average molecular weight is 405 g/mol. The van der Waals surface area contributed by atoms with E-state index in [1.165, 1.54) is 0 Å². The number of aromatic nitrogens is 6. The van der Waals surface area contributed by atoms with E-state index in [-0.39, 0.29) is 17.8 Å². The van der Waals surface area contributed by atoms with E-state index in [9.17, 15) is 4.79 Å². The van der Waals surface area contributed by atoms with Crippen molar-refractivity contribution < 1.29 is 4.79 Å². The Balaban J connectivity index is 1.48. The lowest BCUT2D eigenvalue weighted by atomic mass is 10.1. The highest BCUT2D eigenvalue weighted by Crippen LogP contribution is 2.26. The van der Waals surface area contributed by atoms with Gasteiger partial charge in [0.2, 0.25) is 5.82 Å². The van der Waals surface area contributed by atoms with Crippen molar-refractivity contribution in [3.05, 3.63) is 65.3 Å². The van der Waals surface area contributed by atoms with E-state index in [1.54, 1.807) is 16.0 Å². The highest BCUT2D eigenvalue weighted by Gasteiger charge is 2.27. The smallest absolute Gasteiger partial charge is 0.291 e. The zero-order valence-corrected chi connectivity index (χ0v) is 16.6. The Bertz CT molecular complexity index is 1150. The molecule has 0 fully saturated rings. The number of nitrogens with zero attached hydrogens (tertiary/aromatic N) is 6. The fourth-order valence-corrected chi connectivity index (χ4v) is 4.25. The molecule has 8 nitrogen and oxygen atoms in total. The summed E-state index contributed by atoms with van der Waals surface area (Å²) >= 11 is 1.56. The van der Waals surface area contributed by atoms with Crippen molar-refractivity contribution in [1.82, 2.24) is 34.8 Å². The van der Waals surface area contributed by atoms with Crippen LogP contribution in [0, 0.1) is 6.92 Å². The standard InChI is InChI=1S/C20H19N7OS/c1-13-21-18-15(9-5-11-26(18)24-13)22-20(28)17-23-19(16-10-6-12-29-16)27(25-17)14-7-3-2-4-8-14/h2-4,6-8,10,12,15H,5,9,11H2,1H3,(H,22,28)/t15-/m1/s1. The van der Waals surface area contributed by atoms with Crippen LogP contribution in [0.3, 0.4) is 0 Å². The fourth-order valence-electron chi connectivity index (χ4n) is 3.55. The summed E-state index contributed by atoms with van der Waals surface area (Å²) in [4.78, 5) is 23.0. The normalized spacial score (nSPS) is 15.8. The Morgan fingerprint density at radius 3 is 2.79 bits per heavy atom. The molecule has 0 bridgehead atoms. The minimum absolute atomic E-state index is 0.144. The summed E-state index contributed by atoms with van der Waals surface area (Å²) in [5.74, 6) is 2.00. The number of aryl methyl sites for hydroxylation is 2. The first-order valence-electron chi connectivity index (χ1n) is 9.47. The van der Waals surface area contributed by atoms with Gasteiger partial charge in [0.1, 0.15) is 11.6 Å². The first-order chi connectivity index (χ1) is 14.2. The Hall–Kier alpha value is -3.33. The molecule has 1 amide bonds. The number of hydrogen-bond acceptors (Lipinski definition) is 6. The van der Waals surface area contributed by atoms with E-state index < -0.39 is 0 Å². The molecule has 3 aromatic heterocycles. The van der Waals surface area contributed by atoms with Crippen LogP contribution in [0.2, 0.25) is 0 Å². The second-order valence-electron chi connectivity index (χ2n) is 6.89. The predicted molar refractivity (Wildman–Crippen MR) is 109 cm³/mol. The van der Waals surface area contributed by atoms with Gasteiger partial charge in [-0.15, -0.1) is 16.4 Å². The number of carbonyl (C=O) groups is 1. The lowest BCUT2D eigenvalue weighted by Crippen LogP contribution is -2.34. The van der Waals surface area contributed by atoms with Crippen molar-refractivity contribution in [3.8, 4) is 16.4 Å². The molecule has 0 radical (unpaired) electrons. The van der Waals surface area contributed by atoms with E-state index in [1.807, 2.05) is 59.5 Å². The summed E-state index contributed by atoms with van der Waals surface area (Å²) in [5, 5.41) is 13.9. The zero-order valence-electron chi connectivity index (χ0n) is 15.8. The minimum Gasteiger partial charge on any atom is -0.339 e. The van der Waals surface area contributed by atoms with Crippen LogP contribution in [0.4, 0.5) is 0 Å². The monoisotopic (exact) mass is 405 g/mol. The van der Waals surface area contributed by atoms with Gasteiger partial charge >= 0.3 is 0 Å². The summed E-state index contributed by atoms with van der Waals surface area (Å²) in [6.07, 6.45) is 1.76. The third kappa shape index (κ3) is 3.33. The summed E-state index contributed by atoms with van der Waals surface area (Å²) in [5.41, 5.74) is 0.857. The average Bonchev–Trinajstić information content (AvgIpc) is 3.47. The number of benzene rings is 1. The largest absolute Gasteiger partial charge is 0.339 e. The number of rotatable bonds is 4. The topological polar surface area (TPSA) is 90.5 Å². The molecule has 0 saturated heterocycles. The third-order valence-corrected chi connectivity index (χ3v) is 5.70. The van der Waals surface area contributed by atoms with Crippen LogP contribution >= 0.6 is 11.3 Å². The van der Waals surface area contributed by atoms with Gasteiger partial charge in [0.25, 0.3) is 5.91 Å². The summed E-state index contributed by atoms with van der Waals surface area (Å²) in [6.45, 7) is 2.69. The first kappa shape index (κ1) is 17.7. The molecule has 1 aliphatic rings. The molecule has 1 aromatic carbocycles. The Kier molecular flexibility index (Phi) is 4.44. The molecule has 29 heavy (non-hydrogen) atoms. The molecular weight excluding hydrogens is 386 g/mol. The SMILES string of the molecule is Cc1nc2n(n1)CCC[C@H]2NC(=O)c1nc(-c2cccs2)n(-c2ccccc2)n1. The number of fused-ring (bicyclic) bond motifs is 1. The number of carbonyl (C=O) groups excluding carboxylic acids is 1.